The van der Waals surface area contributed by atoms with E-state index in [9.17, 15) is 0 Å². The van der Waals surface area contributed by atoms with Crippen molar-refractivity contribution in [2.24, 2.45) is 27.7 Å². The minimum atomic E-state index is -0.156. The quantitative estimate of drug-likeness (QED) is 0.179. The molecule has 15 rings (SSSR count). The highest BCUT2D eigenvalue weighted by atomic mass is 15.3. The number of nitrogens with zero attached hydrogens (tertiary/aromatic N) is 4. The first-order chi connectivity index (χ1) is 34.7. The van der Waals surface area contributed by atoms with Gasteiger partial charge >= 0.3 is 0 Å². The van der Waals surface area contributed by atoms with E-state index in [0.29, 0.717) is 23.9 Å². The molecule has 342 valence electrons. The number of hydrogen-bond acceptors (Lipinski definition) is 5. The van der Waals surface area contributed by atoms with Crippen molar-refractivity contribution in [2.45, 2.75) is 88.0 Å². The van der Waals surface area contributed by atoms with Crippen LogP contribution >= 0.6 is 0 Å². The van der Waals surface area contributed by atoms with Gasteiger partial charge in [0.25, 0.3) is 0 Å². The molecule has 70 heavy (non-hydrogen) atoms. The Hall–Kier alpha value is -7.08. The number of anilines is 1. The number of rotatable bonds is 5. The third kappa shape index (κ3) is 6.19. The van der Waals surface area contributed by atoms with Gasteiger partial charge in [-0.3, -0.25) is 4.90 Å². The van der Waals surface area contributed by atoms with Crippen LogP contribution in [0.2, 0.25) is 0 Å². The Morgan fingerprint density at radius 2 is 1.44 bits per heavy atom. The number of benzene rings is 5. The molecule has 3 aliphatic heterocycles. The normalized spacial score (nSPS) is 28.7. The van der Waals surface area contributed by atoms with E-state index < -0.39 is 0 Å². The van der Waals surface area contributed by atoms with Crippen LogP contribution in [-0.2, 0) is 6.42 Å². The van der Waals surface area contributed by atoms with Gasteiger partial charge in [-0.15, -0.1) is 0 Å². The third-order valence-electron chi connectivity index (χ3n) is 17.6. The Kier molecular flexibility index (Phi) is 9.46. The predicted octanol–water partition coefficient (Wildman–Crippen LogP) is 12.1. The highest BCUT2D eigenvalue weighted by molar-refractivity contribution is 6.23. The van der Waals surface area contributed by atoms with Gasteiger partial charge in [0.05, 0.1) is 5.69 Å². The highest BCUT2D eigenvalue weighted by Gasteiger charge is 2.56. The maximum Gasteiger partial charge on any atom is 0.159 e. The molecular formula is C65H57N5. The van der Waals surface area contributed by atoms with E-state index >= 15 is 0 Å². The fourth-order valence-corrected chi connectivity index (χ4v) is 14.8. The standard InChI is InChI=1S/C65H57N5/c1-2-19-41(20-3-1)63-66-64(68-65(67-63)54-38-42-21-5-7-23-44(42)47-26-10-11-27-48(47)54)51-32-16-31-50-49(51)30-17-35-55(50)69-56-33-14-13-29-53(56)61-59(69)39-43-22-6-9-25-46(43)62(61)70-57-34-15-12-28-52(57)60-45-24-8-4-18-40(45)36-37-58(60)70/h1-9,11-13,17-25,27-31,35-37,39,52,54,57-58,60-62,65H,10,14-16,26,32-34,38H2,(H,66,67,68). The first-order valence-corrected chi connectivity index (χ1v) is 26.3. The van der Waals surface area contributed by atoms with Crippen molar-refractivity contribution < 1.29 is 0 Å². The van der Waals surface area contributed by atoms with E-state index in [4.69, 9.17) is 9.98 Å². The summed E-state index contributed by atoms with van der Waals surface area (Å²) in [5.41, 5.74) is 19.6. The van der Waals surface area contributed by atoms with Crippen molar-refractivity contribution in [1.82, 2.24) is 10.2 Å². The molecule has 5 nitrogen and oxygen atoms in total. The molecule has 0 amide bonds. The van der Waals surface area contributed by atoms with Crippen LogP contribution in [-0.4, -0.2) is 34.8 Å². The molecule has 8 unspecified atom stereocenters. The molecule has 10 aliphatic rings. The van der Waals surface area contributed by atoms with Crippen LogP contribution in [0.15, 0.2) is 196 Å². The number of aliphatic imine (C=N–C) groups is 2. The largest absolute Gasteiger partial charge is 0.348 e. The maximum absolute atomic E-state index is 5.52. The molecule has 8 atom stereocenters. The van der Waals surface area contributed by atoms with Crippen molar-refractivity contribution in [2.75, 3.05) is 4.90 Å². The molecule has 1 N–H and O–H groups in total. The van der Waals surface area contributed by atoms with Crippen LogP contribution in [0.5, 0.6) is 0 Å². The summed E-state index contributed by atoms with van der Waals surface area (Å²) in [4.78, 5) is 16.8. The van der Waals surface area contributed by atoms with Crippen LogP contribution in [0.25, 0.3) is 29.4 Å². The van der Waals surface area contributed by atoms with Gasteiger partial charge in [-0.2, -0.15) is 0 Å². The van der Waals surface area contributed by atoms with Crippen LogP contribution in [0.1, 0.15) is 102 Å². The zero-order chi connectivity index (χ0) is 45.9. The molecule has 5 heteroatoms. The number of hydrogen-bond donors (Lipinski definition) is 1. The summed E-state index contributed by atoms with van der Waals surface area (Å²) in [7, 11) is 0. The highest BCUT2D eigenvalue weighted by Crippen LogP contribution is 2.60. The molecule has 1 fully saturated rings. The predicted molar refractivity (Wildman–Crippen MR) is 287 cm³/mol. The molecule has 0 saturated carbocycles. The van der Waals surface area contributed by atoms with E-state index in [-0.39, 0.29) is 24.0 Å². The fraction of sp³-hybridized carbons (Fsp3) is 0.262. The van der Waals surface area contributed by atoms with E-state index in [2.05, 4.69) is 197 Å². The maximum atomic E-state index is 5.52. The zero-order valence-electron chi connectivity index (χ0n) is 39.6. The number of allylic oxidation sites excluding steroid dienone is 7. The molecular weight excluding hydrogens is 851 g/mol. The van der Waals surface area contributed by atoms with Gasteiger partial charge < -0.3 is 10.2 Å². The summed E-state index contributed by atoms with van der Waals surface area (Å²) < 4.78 is 0. The third-order valence-corrected chi connectivity index (χ3v) is 17.6. The Balaban J connectivity index is 0.866. The van der Waals surface area contributed by atoms with Gasteiger partial charge in [-0.05, 0) is 125 Å². The van der Waals surface area contributed by atoms with Crippen LogP contribution < -0.4 is 20.7 Å². The lowest BCUT2D eigenvalue weighted by Gasteiger charge is -2.45. The van der Waals surface area contributed by atoms with Gasteiger partial charge in [-0.25, -0.2) is 9.98 Å². The van der Waals surface area contributed by atoms with Gasteiger partial charge in [0.1, 0.15) is 12.0 Å². The zero-order valence-corrected chi connectivity index (χ0v) is 39.6. The summed E-state index contributed by atoms with van der Waals surface area (Å²) >= 11 is 0. The van der Waals surface area contributed by atoms with E-state index in [1.807, 2.05) is 0 Å². The van der Waals surface area contributed by atoms with Gasteiger partial charge in [0.2, 0.25) is 0 Å². The molecule has 3 heterocycles. The van der Waals surface area contributed by atoms with Crippen LogP contribution in [0, 0.1) is 17.8 Å². The monoisotopic (exact) mass is 907 g/mol. The smallest absolute Gasteiger partial charge is 0.159 e. The lowest BCUT2D eigenvalue weighted by Crippen LogP contribution is -2.48. The Morgan fingerprint density at radius 1 is 0.643 bits per heavy atom. The second-order valence-electron chi connectivity index (χ2n) is 21.1. The number of amidine groups is 2. The molecule has 7 aliphatic carbocycles. The summed E-state index contributed by atoms with van der Waals surface area (Å²) in [5.74, 6) is 3.12. The molecule has 1 saturated heterocycles. The first kappa shape index (κ1) is 40.8. The summed E-state index contributed by atoms with van der Waals surface area (Å²) in [6.45, 7) is 0. The van der Waals surface area contributed by atoms with E-state index in [1.165, 1.54) is 89.6 Å². The lowest BCUT2D eigenvalue weighted by atomic mass is 9.74. The molecule has 5 aromatic carbocycles. The minimum absolute atomic E-state index is 0.156. The average molecular weight is 908 g/mol. The topological polar surface area (TPSA) is 43.2 Å². The van der Waals surface area contributed by atoms with E-state index in [1.54, 1.807) is 0 Å². The number of likely N-dealkylation sites (tertiary alicyclic amines) is 1. The van der Waals surface area contributed by atoms with Crippen molar-refractivity contribution >= 4 is 46.7 Å². The molecule has 0 spiro atoms. The van der Waals surface area contributed by atoms with Crippen LogP contribution in [0.3, 0.4) is 0 Å². The molecule has 5 aromatic rings. The second-order valence-corrected chi connectivity index (χ2v) is 21.1. The van der Waals surface area contributed by atoms with Gasteiger partial charge in [0.15, 0.2) is 5.84 Å². The number of nitrogens with one attached hydrogen (secondary N) is 1. The Morgan fingerprint density at radius 3 is 2.37 bits per heavy atom. The first-order valence-electron chi connectivity index (χ1n) is 26.3. The fourth-order valence-electron chi connectivity index (χ4n) is 14.8. The van der Waals surface area contributed by atoms with Crippen molar-refractivity contribution in [3.05, 3.63) is 236 Å². The SMILES string of the molecule is C1=CC2=C(CC1)c1ccccc1CC2C1N=C(c2ccccc2)N=C(C2=c3cccc(N4C5=Cc6ccccc6C(N6C7C=Cc8ccccc8C7C7C=CCCC76)C5C5=C4CCC=C5)c3=CCC2)N1. The average Bonchev–Trinajstić information content (AvgIpc) is 3.94. The van der Waals surface area contributed by atoms with Crippen molar-refractivity contribution in [3.8, 4) is 0 Å². The van der Waals surface area contributed by atoms with E-state index in [0.717, 1.165) is 68.6 Å². The van der Waals surface area contributed by atoms with Gasteiger partial charge in [-0.1, -0.05) is 170 Å². The Bertz CT molecular complexity index is 3460. The lowest BCUT2D eigenvalue weighted by molar-refractivity contribution is 0.109. The summed E-state index contributed by atoms with van der Waals surface area (Å²) in [6.07, 6.45) is 34.1. The second kappa shape index (κ2) is 16.2. The molecule has 0 bridgehead atoms. The summed E-state index contributed by atoms with van der Waals surface area (Å²) in [5, 5.41) is 6.67. The minimum Gasteiger partial charge on any atom is -0.348 e. The summed E-state index contributed by atoms with van der Waals surface area (Å²) in [6, 6.07) is 46.4. The molecule has 0 radical (unpaired) electrons. The van der Waals surface area contributed by atoms with Gasteiger partial charge in [0, 0.05) is 69.5 Å². The number of fused-ring (bicyclic) bond motifs is 11. The molecule has 0 aromatic heterocycles. The van der Waals surface area contributed by atoms with Crippen LogP contribution in [0.4, 0.5) is 5.69 Å². The Labute approximate surface area is 411 Å². The van der Waals surface area contributed by atoms with Crippen molar-refractivity contribution in [1.29, 1.82) is 0 Å². The van der Waals surface area contributed by atoms with Crippen molar-refractivity contribution in [3.63, 3.8) is 0 Å².